The second kappa shape index (κ2) is 7.92. The van der Waals surface area contributed by atoms with Crippen LogP contribution in [0, 0.1) is 0 Å². The zero-order chi connectivity index (χ0) is 17.6. The summed E-state index contributed by atoms with van der Waals surface area (Å²) < 4.78 is 10.6. The van der Waals surface area contributed by atoms with Gasteiger partial charge in [0.15, 0.2) is 0 Å². The van der Waals surface area contributed by atoms with Crippen molar-refractivity contribution in [2.45, 2.75) is 25.8 Å². The number of rotatable bonds is 7. The normalized spacial score (nSPS) is 12.4. The molecule has 2 N–H and O–H groups in total. The summed E-state index contributed by atoms with van der Waals surface area (Å²) in [4.78, 5) is 12.2. The van der Waals surface area contributed by atoms with Crippen molar-refractivity contribution in [3.63, 3.8) is 0 Å². The molecular formula is C20H24N2O3. The quantitative estimate of drug-likeness (QED) is 0.814. The fourth-order valence-electron chi connectivity index (χ4n) is 3.22. The van der Waals surface area contributed by atoms with Crippen molar-refractivity contribution in [2.24, 2.45) is 0 Å². The number of fused-ring (bicyclic) bond motifs is 1. The van der Waals surface area contributed by atoms with Gasteiger partial charge < -0.3 is 20.1 Å². The molecule has 2 aromatic rings. The van der Waals surface area contributed by atoms with E-state index in [1.54, 1.807) is 14.2 Å². The molecule has 25 heavy (non-hydrogen) atoms. The van der Waals surface area contributed by atoms with Crippen LogP contribution in [-0.4, -0.2) is 26.7 Å². The molecule has 0 heterocycles. The second-order valence-corrected chi connectivity index (χ2v) is 6.12. The third kappa shape index (κ3) is 4.05. The lowest BCUT2D eigenvalue weighted by atomic mass is 10.1. The highest BCUT2D eigenvalue weighted by atomic mass is 16.5. The van der Waals surface area contributed by atoms with E-state index in [1.807, 2.05) is 30.3 Å². The van der Waals surface area contributed by atoms with E-state index >= 15 is 0 Å². The van der Waals surface area contributed by atoms with E-state index in [4.69, 9.17) is 9.47 Å². The van der Waals surface area contributed by atoms with Gasteiger partial charge in [0.2, 0.25) is 5.91 Å². The number of hydrogen-bond acceptors (Lipinski definition) is 4. The molecule has 0 saturated heterocycles. The van der Waals surface area contributed by atoms with Gasteiger partial charge >= 0.3 is 0 Å². The van der Waals surface area contributed by atoms with E-state index in [1.165, 1.54) is 11.1 Å². The zero-order valence-electron chi connectivity index (χ0n) is 14.7. The van der Waals surface area contributed by atoms with Gasteiger partial charge in [-0.05, 0) is 54.2 Å². The van der Waals surface area contributed by atoms with E-state index in [-0.39, 0.29) is 12.5 Å². The largest absolute Gasteiger partial charge is 0.497 e. The zero-order valence-corrected chi connectivity index (χ0v) is 14.7. The molecule has 0 radical (unpaired) electrons. The molecule has 5 nitrogen and oxygen atoms in total. The SMILES string of the molecule is COc1cccc(CNC(=O)CNc2c(OC)ccc3c2CCC3)c1. The van der Waals surface area contributed by atoms with Crippen LogP contribution in [0.5, 0.6) is 11.5 Å². The standard InChI is InChI=1S/C20H24N2O3/c1-24-16-7-3-5-14(11-16)12-21-19(23)13-22-20-17-8-4-6-15(17)9-10-18(20)25-2/h3,5,7,9-11,22H,4,6,8,12-13H2,1-2H3,(H,21,23). The van der Waals surface area contributed by atoms with Crippen molar-refractivity contribution in [1.29, 1.82) is 0 Å². The number of aryl methyl sites for hydroxylation is 1. The third-order valence-corrected chi connectivity index (χ3v) is 4.51. The van der Waals surface area contributed by atoms with Crippen LogP contribution in [0.1, 0.15) is 23.1 Å². The van der Waals surface area contributed by atoms with Crippen molar-refractivity contribution >= 4 is 11.6 Å². The molecule has 0 aromatic heterocycles. The molecule has 1 aliphatic rings. The van der Waals surface area contributed by atoms with Crippen LogP contribution >= 0.6 is 0 Å². The Hall–Kier alpha value is -2.69. The van der Waals surface area contributed by atoms with E-state index in [0.29, 0.717) is 6.54 Å². The lowest BCUT2D eigenvalue weighted by Gasteiger charge is -2.15. The summed E-state index contributed by atoms with van der Waals surface area (Å²) in [5.74, 6) is 1.52. The predicted molar refractivity (Wildman–Crippen MR) is 98.3 cm³/mol. The van der Waals surface area contributed by atoms with Crippen LogP contribution < -0.4 is 20.1 Å². The highest BCUT2D eigenvalue weighted by molar-refractivity contribution is 5.82. The maximum absolute atomic E-state index is 12.2. The Kier molecular flexibility index (Phi) is 5.43. The maximum Gasteiger partial charge on any atom is 0.239 e. The van der Waals surface area contributed by atoms with Crippen LogP contribution in [0.25, 0.3) is 0 Å². The lowest BCUT2D eigenvalue weighted by molar-refractivity contribution is -0.119. The van der Waals surface area contributed by atoms with Gasteiger partial charge in [0.25, 0.3) is 0 Å². The molecule has 0 saturated carbocycles. The van der Waals surface area contributed by atoms with Crippen LogP contribution in [0.4, 0.5) is 5.69 Å². The predicted octanol–water partition coefficient (Wildman–Crippen LogP) is 2.92. The fraction of sp³-hybridized carbons (Fsp3) is 0.350. The van der Waals surface area contributed by atoms with Gasteiger partial charge in [-0.25, -0.2) is 0 Å². The molecule has 0 bridgehead atoms. The first-order valence-electron chi connectivity index (χ1n) is 8.53. The van der Waals surface area contributed by atoms with Gasteiger partial charge in [-0.15, -0.1) is 0 Å². The molecule has 0 aliphatic heterocycles. The molecule has 0 atom stereocenters. The number of hydrogen-bond donors (Lipinski definition) is 2. The Balaban J connectivity index is 1.58. The first-order valence-corrected chi connectivity index (χ1v) is 8.53. The average Bonchev–Trinajstić information content (AvgIpc) is 3.13. The van der Waals surface area contributed by atoms with Crippen molar-refractivity contribution in [2.75, 3.05) is 26.1 Å². The summed E-state index contributed by atoms with van der Waals surface area (Å²) in [5.41, 5.74) is 4.58. The maximum atomic E-state index is 12.2. The average molecular weight is 340 g/mol. The summed E-state index contributed by atoms with van der Waals surface area (Å²) >= 11 is 0. The minimum atomic E-state index is -0.0551. The van der Waals surface area contributed by atoms with Crippen LogP contribution in [0.3, 0.4) is 0 Å². The van der Waals surface area contributed by atoms with Crippen molar-refractivity contribution in [3.05, 3.63) is 53.1 Å². The van der Waals surface area contributed by atoms with E-state index < -0.39 is 0 Å². The van der Waals surface area contributed by atoms with Gasteiger partial charge in [0.05, 0.1) is 26.5 Å². The summed E-state index contributed by atoms with van der Waals surface area (Å²) in [6.45, 7) is 0.693. The van der Waals surface area contributed by atoms with Crippen molar-refractivity contribution in [3.8, 4) is 11.5 Å². The lowest BCUT2D eigenvalue weighted by Crippen LogP contribution is -2.29. The number of ether oxygens (including phenoxy) is 2. The van der Waals surface area contributed by atoms with E-state index in [9.17, 15) is 4.79 Å². The molecule has 0 spiro atoms. The Bertz CT molecular complexity index is 759. The van der Waals surface area contributed by atoms with Gasteiger partial charge in [-0.2, -0.15) is 0 Å². The monoisotopic (exact) mass is 340 g/mol. The number of carbonyl (C=O) groups excluding carboxylic acids is 1. The number of amides is 1. The van der Waals surface area contributed by atoms with E-state index in [0.717, 1.165) is 42.0 Å². The van der Waals surface area contributed by atoms with Gasteiger partial charge in [0.1, 0.15) is 11.5 Å². The van der Waals surface area contributed by atoms with Crippen molar-refractivity contribution < 1.29 is 14.3 Å². The summed E-state index contributed by atoms with van der Waals surface area (Å²) in [7, 11) is 3.29. The molecule has 1 aliphatic carbocycles. The second-order valence-electron chi connectivity index (χ2n) is 6.12. The van der Waals surface area contributed by atoms with Crippen LogP contribution in [0.15, 0.2) is 36.4 Å². The molecule has 3 rings (SSSR count). The summed E-state index contributed by atoms with van der Waals surface area (Å²) in [5, 5.41) is 6.19. The van der Waals surface area contributed by atoms with Crippen molar-refractivity contribution in [1.82, 2.24) is 5.32 Å². The van der Waals surface area contributed by atoms with Crippen LogP contribution in [0.2, 0.25) is 0 Å². The Morgan fingerprint density at radius 2 is 2.00 bits per heavy atom. The molecule has 0 fully saturated rings. The number of anilines is 1. The molecule has 0 unspecified atom stereocenters. The fourth-order valence-corrected chi connectivity index (χ4v) is 3.22. The molecule has 132 valence electrons. The van der Waals surface area contributed by atoms with Gasteiger partial charge in [-0.1, -0.05) is 18.2 Å². The number of nitrogens with one attached hydrogen (secondary N) is 2. The Morgan fingerprint density at radius 3 is 2.80 bits per heavy atom. The first-order chi connectivity index (χ1) is 12.2. The molecule has 1 amide bonds. The summed E-state index contributed by atoms with van der Waals surface area (Å²) in [6, 6.07) is 11.8. The minimum Gasteiger partial charge on any atom is -0.497 e. The number of carbonyl (C=O) groups is 1. The topological polar surface area (TPSA) is 59.6 Å². The highest BCUT2D eigenvalue weighted by Crippen LogP contribution is 2.36. The first kappa shape index (κ1) is 17.1. The molecular weight excluding hydrogens is 316 g/mol. The Labute approximate surface area is 148 Å². The highest BCUT2D eigenvalue weighted by Gasteiger charge is 2.18. The molecule has 5 heteroatoms. The Morgan fingerprint density at radius 1 is 1.12 bits per heavy atom. The molecule has 2 aromatic carbocycles. The van der Waals surface area contributed by atoms with Gasteiger partial charge in [0, 0.05) is 6.54 Å². The number of methoxy groups -OCH3 is 2. The summed E-state index contributed by atoms with van der Waals surface area (Å²) in [6.07, 6.45) is 3.27. The third-order valence-electron chi connectivity index (χ3n) is 4.51. The minimum absolute atomic E-state index is 0.0551. The van der Waals surface area contributed by atoms with E-state index in [2.05, 4.69) is 16.7 Å². The van der Waals surface area contributed by atoms with Gasteiger partial charge in [-0.3, -0.25) is 4.79 Å². The van der Waals surface area contributed by atoms with Crippen LogP contribution in [-0.2, 0) is 24.2 Å². The number of benzene rings is 2. The smallest absolute Gasteiger partial charge is 0.239 e.